The number of rotatable bonds is 3. The van der Waals surface area contributed by atoms with E-state index < -0.39 is 5.82 Å². The second-order valence-electron chi connectivity index (χ2n) is 6.63. The molecule has 2 bridgehead atoms. The molecule has 3 saturated heterocycles. The van der Waals surface area contributed by atoms with Gasteiger partial charge in [0.05, 0.1) is 5.56 Å². The minimum Gasteiger partial charge on any atom is -0.451 e. The molecule has 2 aromatic rings. The number of amides is 1. The highest BCUT2D eigenvalue weighted by atomic mass is 19.1. The molecule has 5 heterocycles. The van der Waals surface area contributed by atoms with Crippen molar-refractivity contribution >= 4 is 5.91 Å². The molecule has 2 atom stereocenters. The Labute approximate surface area is 139 Å². The van der Waals surface area contributed by atoms with Gasteiger partial charge in [-0.15, -0.1) is 0 Å². The van der Waals surface area contributed by atoms with Gasteiger partial charge < -0.3 is 9.73 Å². The number of pyridine rings is 1. The Morgan fingerprint density at radius 3 is 2.83 bits per heavy atom. The first-order valence-electron chi connectivity index (χ1n) is 8.38. The van der Waals surface area contributed by atoms with E-state index in [-0.39, 0.29) is 23.3 Å². The molecule has 24 heavy (non-hydrogen) atoms. The van der Waals surface area contributed by atoms with Gasteiger partial charge in [-0.2, -0.15) is 0 Å². The van der Waals surface area contributed by atoms with Crippen molar-refractivity contribution < 1.29 is 13.6 Å². The molecule has 0 spiro atoms. The zero-order valence-corrected chi connectivity index (χ0v) is 13.5. The van der Waals surface area contributed by atoms with E-state index in [1.165, 1.54) is 18.5 Å². The molecular weight excluding hydrogens is 309 g/mol. The van der Waals surface area contributed by atoms with Gasteiger partial charge in [-0.05, 0) is 57.0 Å². The summed E-state index contributed by atoms with van der Waals surface area (Å²) in [5, 5.41) is 3.11. The van der Waals surface area contributed by atoms with Crippen LogP contribution < -0.4 is 5.32 Å². The van der Waals surface area contributed by atoms with E-state index >= 15 is 0 Å². The highest BCUT2D eigenvalue weighted by Crippen LogP contribution is 2.32. The number of carbonyl (C=O) groups is 1. The third-order valence-electron chi connectivity index (χ3n) is 5.34. The van der Waals surface area contributed by atoms with Crippen LogP contribution in [0.15, 0.2) is 35.0 Å². The van der Waals surface area contributed by atoms with E-state index in [1.807, 2.05) is 0 Å². The van der Waals surface area contributed by atoms with Crippen LogP contribution in [0, 0.1) is 11.7 Å². The number of fused-ring (bicyclic) bond motifs is 3. The van der Waals surface area contributed by atoms with Crippen LogP contribution in [0.3, 0.4) is 0 Å². The van der Waals surface area contributed by atoms with Gasteiger partial charge in [-0.25, -0.2) is 4.39 Å². The molecule has 2 aromatic heterocycles. The number of halogens is 1. The minimum atomic E-state index is -0.419. The predicted octanol–water partition coefficient (Wildman–Crippen LogP) is 2.69. The highest BCUT2D eigenvalue weighted by molar-refractivity contribution is 5.92. The van der Waals surface area contributed by atoms with E-state index in [0.29, 0.717) is 17.7 Å². The van der Waals surface area contributed by atoms with Gasteiger partial charge in [0.15, 0.2) is 5.76 Å². The van der Waals surface area contributed by atoms with Crippen molar-refractivity contribution in [3.05, 3.63) is 42.2 Å². The lowest BCUT2D eigenvalue weighted by Crippen LogP contribution is -2.62. The predicted molar refractivity (Wildman–Crippen MR) is 86.9 cm³/mol. The van der Waals surface area contributed by atoms with E-state index in [0.717, 1.165) is 25.9 Å². The van der Waals surface area contributed by atoms with E-state index in [1.54, 1.807) is 12.1 Å². The normalized spacial score (nSPS) is 28.8. The number of carbonyl (C=O) groups excluding carboxylic acids is 1. The first-order valence-corrected chi connectivity index (χ1v) is 8.38. The van der Waals surface area contributed by atoms with Gasteiger partial charge >= 0.3 is 0 Å². The van der Waals surface area contributed by atoms with Crippen molar-refractivity contribution in [3.8, 4) is 11.3 Å². The van der Waals surface area contributed by atoms with Crippen LogP contribution in [0.5, 0.6) is 0 Å². The fraction of sp³-hybridized carbons (Fsp3) is 0.444. The number of nitrogens with one attached hydrogen (secondary N) is 1. The molecule has 0 aliphatic carbocycles. The van der Waals surface area contributed by atoms with Gasteiger partial charge in [-0.3, -0.25) is 14.7 Å². The second kappa shape index (κ2) is 6.02. The van der Waals surface area contributed by atoms with E-state index in [4.69, 9.17) is 4.42 Å². The SMILES string of the molecule is C[C@@H]1[C@H](NC(=O)c2ccc(-c3cnccc3F)o2)C2CCN1CC2. The van der Waals surface area contributed by atoms with Crippen molar-refractivity contribution in [2.24, 2.45) is 5.92 Å². The monoisotopic (exact) mass is 329 g/mol. The summed E-state index contributed by atoms with van der Waals surface area (Å²) in [4.78, 5) is 18.9. The molecule has 0 radical (unpaired) electrons. The van der Waals surface area contributed by atoms with Crippen LogP contribution in [0.4, 0.5) is 4.39 Å². The molecule has 126 valence electrons. The zero-order chi connectivity index (χ0) is 16.7. The van der Waals surface area contributed by atoms with Gasteiger partial charge in [0, 0.05) is 24.5 Å². The smallest absolute Gasteiger partial charge is 0.287 e. The number of piperidine rings is 3. The van der Waals surface area contributed by atoms with E-state index in [9.17, 15) is 9.18 Å². The first-order chi connectivity index (χ1) is 11.6. The van der Waals surface area contributed by atoms with Crippen molar-refractivity contribution in [2.75, 3.05) is 13.1 Å². The van der Waals surface area contributed by atoms with Gasteiger partial charge in [0.2, 0.25) is 0 Å². The van der Waals surface area contributed by atoms with Crippen LogP contribution >= 0.6 is 0 Å². The van der Waals surface area contributed by atoms with Crippen molar-refractivity contribution in [1.82, 2.24) is 15.2 Å². The fourth-order valence-electron chi connectivity index (χ4n) is 3.93. The number of hydrogen-bond donors (Lipinski definition) is 1. The lowest BCUT2D eigenvalue weighted by molar-refractivity contribution is 0.0211. The summed E-state index contributed by atoms with van der Waals surface area (Å²) in [6, 6.07) is 4.94. The molecule has 1 N–H and O–H groups in total. The zero-order valence-electron chi connectivity index (χ0n) is 13.5. The molecule has 0 aromatic carbocycles. The molecular formula is C18H20FN3O2. The number of nitrogens with zero attached hydrogens (tertiary/aromatic N) is 2. The molecule has 3 aliphatic heterocycles. The summed E-state index contributed by atoms with van der Waals surface area (Å²) in [5.41, 5.74) is 0.257. The third-order valence-corrected chi connectivity index (χ3v) is 5.34. The summed E-state index contributed by atoms with van der Waals surface area (Å²) in [7, 11) is 0. The Bertz CT molecular complexity index is 750. The van der Waals surface area contributed by atoms with Crippen LogP contribution in [0.1, 0.15) is 30.3 Å². The maximum atomic E-state index is 13.8. The summed E-state index contributed by atoms with van der Waals surface area (Å²) in [6.45, 7) is 4.39. The van der Waals surface area contributed by atoms with Gasteiger partial charge in [0.25, 0.3) is 5.91 Å². The van der Waals surface area contributed by atoms with E-state index in [2.05, 4.69) is 22.1 Å². The molecule has 3 aliphatic rings. The average Bonchev–Trinajstić information content (AvgIpc) is 3.09. The lowest BCUT2D eigenvalue weighted by atomic mass is 9.79. The van der Waals surface area contributed by atoms with Crippen LogP contribution in [-0.2, 0) is 0 Å². The third kappa shape index (κ3) is 2.60. The van der Waals surface area contributed by atoms with Crippen LogP contribution in [0.25, 0.3) is 11.3 Å². The fourth-order valence-corrected chi connectivity index (χ4v) is 3.93. The topological polar surface area (TPSA) is 58.4 Å². The molecule has 6 heteroatoms. The number of hydrogen-bond acceptors (Lipinski definition) is 4. The summed E-state index contributed by atoms with van der Waals surface area (Å²) < 4.78 is 19.4. The second-order valence-corrected chi connectivity index (χ2v) is 6.63. The van der Waals surface area contributed by atoms with Crippen molar-refractivity contribution in [3.63, 3.8) is 0 Å². The van der Waals surface area contributed by atoms with Gasteiger partial charge in [-0.1, -0.05) is 0 Å². The Morgan fingerprint density at radius 2 is 2.12 bits per heavy atom. The largest absolute Gasteiger partial charge is 0.451 e. The summed E-state index contributed by atoms with van der Waals surface area (Å²) >= 11 is 0. The quantitative estimate of drug-likeness (QED) is 0.941. The maximum Gasteiger partial charge on any atom is 0.287 e. The Morgan fingerprint density at radius 1 is 1.33 bits per heavy atom. The Balaban J connectivity index is 1.51. The Hall–Kier alpha value is -2.21. The molecule has 3 fully saturated rings. The standard InChI is InChI=1S/C18H20FN3O2/c1-11-17(12-5-8-22(11)9-6-12)21-18(23)16-3-2-15(24-16)13-10-20-7-4-14(13)19/h2-4,7,10-12,17H,5-6,8-9H2,1H3,(H,21,23)/t11-,17+/m1/s1. The lowest BCUT2D eigenvalue weighted by Gasteiger charge is -2.49. The van der Waals surface area contributed by atoms with Crippen molar-refractivity contribution in [1.29, 1.82) is 0 Å². The Kier molecular flexibility index (Phi) is 3.84. The number of aromatic nitrogens is 1. The first kappa shape index (κ1) is 15.3. The number of furan rings is 1. The molecule has 0 saturated carbocycles. The van der Waals surface area contributed by atoms with Crippen LogP contribution in [-0.4, -0.2) is 41.0 Å². The molecule has 5 rings (SSSR count). The van der Waals surface area contributed by atoms with Crippen molar-refractivity contribution in [2.45, 2.75) is 31.8 Å². The highest BCUT2D eigenvalue weighted by Gasteiger charge is 2.40. The summed E-state index contributed by atoms with van der Waals surface area (Å²) in [5.74, 6) is 0.386. The average molecular weight is 329 g/mol. The molecule has 0 unspecified atom stereocenters. The molecule has 1 amide bonds. The molecule has 5 nitrogen and oxygen atoms in total. The van der Waals surface area contributed by atoms with Gasteiger partial charge in [0.1, 0.15) is 11.6 Å². The maximum absolute atomic E-state index is 13.8. The summed E-state index contributed by atoms with van der Waals surface area (Å²) in [6.07, 6.45) is 5.02. The van der Waals surface area contributed by atoms with Crippen LogP contribution in [0.2, 0.25) is 0 Å². The minimum absolute atomic E-state index is 0.142.